The number of rotatable bonds is 5. The van der Waals surface area contributed by atoms with Gasteiger partial charge in [0.2, 0.25) is 0 Å². The van der Waals surface area contributed by atoms with E-state index in [1.165, 1.54) is 34.5 Å². The Labute approximate surface area is 104 Å². The van der Waals surface area contributed by atoms with Crippen molar-refractivity contribution in [2.45, 2.75) is 0 Å². The quantitative estimate of drug-likeness (QED) is 0.582. The van der Waals surface area contributed by atoms with Crippen molar-refractivity contribution in [1.82, 2.24) is 0 Å². The molecule has 18 heavy (non-hydrogen) atoms. The lowest BCUT2D eigenvalue weighted by molar-refractivity contribution is 0.0593. The summed E-state index contributed by atoms with van der Waals surface area (Å²) in [6, 6.07) is 1.43. The van der Waals surface area contributed by atoms with Gasteiger partial charge in [0.25, 0.3) is 0 Å². The van der Waals surface area contributed by atoms with Crippen molar-refractivity contribution in [3.63, 3.8) is 0 Å². The Morgan fingerprint density at radius 1 is 1.06 bits per heavy atom. The monoisotopic (exact) mass is 254 g/mol. The van der Waals surface area contributed by atoms with E-state index in [1.807, 2.05) is 0 Å². The van der Waals surface area contributed by atoms with E-state index in [-0.39, 0.29) is 28.4 Å². The lowest BCUT2D eigenvalue weighted by Crippen LogP contribution is -2.09. The van der Waals surface area contributed by atoms with Crippen LogP contribution >= 0.6 is 0 Å². The smallest absolute Gasteiger partial charge is 0.345 e. The SMILES string of the molecule is COC(=O)c1c(OC)cc(OC)c(C=O)c1OC. The van der Waals surface area contributed by atoms with E-state index in [4.69, 9.17) is 14.2 Å². The van der Waals surface area contributed by atoms with E-state index in [0.29, 0.717) is 6.29 Å². The highest BCUT2D eigenvalue weighted by atomic mass is 16.5. The maximum absolute atomic E-state index is 11.7. The Balaban J connectivity index is 3.65. The minimum atomic E-state index is -0.658. The van der Waals surface area contributed by atoms with Crippen LogP contribution in [0.4, 0.5) is 0 Å². The molecule has 0 N–H and O–H groups in total. The molecule has 98 valence electrons. The van der Waals surface area contributed by atoms with Gasteiger partial charge >= 0.3 is 5.97 Å². The molecule has 1 aromatic carbocycles. The molecule has 0 fully saturated rings. The first-order valence-electron chi connectivity index (χ1n) is 5.01. The van der Waals surface area contributed by atoms with Crippen molar-refractivity contribution in [2.75, 3.05) is 28.4 Å². The third-order valence-electron chi connectivity index (χ3n) is 2.40. The summed E-state index contributed by atoms with van der Waals surface area (Å²) in [5.74, 6) is -0.130. The van der Waals surface area contributed by atoms with Crippen LogP contribution in [0.2, 0.25) is 0 Å². The molecule has 0 aliphatic rings. The van der Waals surface area contributed by atoms with Crippen LogP contribution in [-0.2, 0) is 4.74 Å². The summed E-state index contributed by atoms with van der Waals surface area (Å²) < 4.78 is 19.8. The predicted molar refractivity (Wildman–Crippen MR) is 62.8 cm³/mol. The normalized spacial score (nSPS) is 9.56. The summed E-state index contributed by atoms with van der Waals surface area (Å²) in [6.07, 6.45) is 0.545. The molecule has 0 atom stereocenters. The fourth-order valence-corrected chi connectivity index (χ4v) is 1.58. The second-order valence-electron chi connectivity index (χ2n) is 3.21. The molecule has 0 amide bonds. The van der Waals surface area contributed by atoms with Crippen LogP contribution in [0.25, 0.3) is 0 Å². The van der Waals surface area contributed by atoms with Crippen molar-refractivity contribution < 1.29 is 28.5 Å². The summed E-state index contributed by atoms with van der Waals surface area (Å²) in [7, 11) is 5.36. The summed E-state index contributed by atoms with van der Waals surface area (Å²) in [4.78, 5) is 22.8. The zero-order valence-corrected chi connectivity index (χ0v) is 10.6. The standard InChI is InChI=1S/C12H14O6/c1-15-8-5-9(16-2)10(12(14)18-4)11(17-3)7(8)6-13/h5-6H,1-4H3. The summed E-state index contributed by atoms with van der Waals surface area (Å²) in [5.41, 5.74) is 0.173. The first-order chi connectivity index (χ1) is 8.64. The van der Waals surface area contributed by atoms with Gasteiger partial charge in [-0.15, -0.1) is 0 Å². The first-order valence-corrected chi connectivity index (χ1v) is 5.01. The third-order valence-corrected chi connectivity index (χ3v) is 2.40. The highest BCUT2D eigenvalue weighted by Crippen LogP contribution is 2.38. The molecule has 0 unspecified atom stereocenters. The van der Waals surface area contributed by atoms with Gasteiger partial charge in [-0.3, -0.25) is 4.79 Å². The van der Waals surface area contributed by atoms with Gasteiger partial charge < -0.3 is 18.9 Å². The molecule has 0 bridgehead atoms. The number of benzene rings is 1. The molecular weight excluding hydrogens is 240 g/mol. The Kier molecular flexibility index (Phi) is 4.53. The zero-order valence-electron chi connectivity index (χ0n) is 10.6. The Bertz CT molecular complexity index is 466. The molecule has 1 rings (SSSR count). The molecule has 6 nitrogen and oxygen atoms in total. The van der Waals surface area contributed by atoms with E-state index >= 15 is 0 Å². The average molecular weight is 254 g/mol. The molecule has 0 aliphatic heterocycles. The lowest BCUT2D eigenvalue weighted by atomic mass is 10.1. The predicted octanol–water partition coefficient (Wildman–Crippen LogP) is 1.31. The molecule has 1 aromatic rings. The topological polar surface area (TPSA) is 71.1 Å². The Morgan fingerprint density at radius 2 is 1.67 bits per heavy atom. The minimum Gasteiger partial charge on any atom is -0.496 e. The zero-order chi connectivity index (χ0) is 13.7. The van der Waals surface area contributed by atoms with Crippen LogP contribution < -0.4 is 14.2 Å². The molecule has 0 radical (unpaired) electrons. The van der Waals surface area contributed by atoms with Gasteiger partial charge in [0.15, 0.2) is 12.0 Å². The maximum atomic E-state index is 11.7. The fraction of sp³-hybridized carbons (Fsp3) is 0.333. The summed E-state index contributed by atoms with van der Waals surface area (Å²) >= 11 is 0. The Hall–Kier alpha value is -2.24. The van der Waals surface area contributed by atoms with Gasteiger partial charge in [-0.1, -0.05) is 0 Å². The molecule has 6 heteroatoms. The number of hydrogen-bond acceptors (Lipinski definition) is 6. The molecule has 0 saturated carbocycles. The molecule has 0 aromatic heterocycles. The molecule has 0 heterocycles. The summed E-state index contributed by atoms with van der Waals surface area (Å²) in [5, 5.41) is 0. The van der Waals surface area contributed by atoms with Gasteiger partial charge in [-0.2, -0.15) is 0 Å². The van der Waals surface area contributed by atoms with Crippen molar-refractivity contribution in [3.8, 4) is 17.2 Å². The van der Waals surface area contributed by atoms with Gasteiger partial charge in [0, 0.05) is 6.07 Å². The highest BCUT2D eigenvalue weighted by molar-refractivity contribution is 6.00. The van der Waals surface area contributed by atoms with Crippen LogP contribution in [0.15, 0.2) is 6.07 Å². The largest absolute Gasteiger partial charge is 0.496 e. The van der Waals surface area contributed by atoms with Crippen LogP contribution in [-0.4, -0.2) is 40.7 Å². The van der Waals surface area contributed by atoms with Crippen LogP contribution in [0, 0.1) is 0 Å². The Morgan fingerprint density at radius 3 is 2.06 bits per heavy atom. The molecule has 0 spiro atoms. The number of esters is 1. The van der Waals surface area contributed by atoms with Crippen molar-refractivity contribution in [3.05, 3.63) is 17.2 Å². The van der Waals surface area contributed by atoms with Gasteiger partial charge in [0.1, 0.15) is 17.1 Å². The second-order valence-corrected chi connectivity index (χ2v) is 3.21. The number of carbonyl (C=O) groups excluding carboxylic acids is 2. The van der Waals surface area contributed by atoms with Crippen LogP contribution in [0.3, 0.4) is 0 Å². The summed E-state index contributed by atoms with van der Waals surface area (Å²) in [6.45, 7) is 0. The van der Waals surface area contributed by atoms with E-state index in [2.05, 4.69) is 4.74 Å². The minimum absolute atomic E-state index is 0.0467. The molecule has 0 aliphatic carbocycles. The number of carbonyl (C=O) groups is 2. The van der Waals surface area contributed by atoms with Gasteiger partial charge in [-0.05, 0) is 0 Å². The lowest BCUT2D eigenvalue weighted by Gasteiger charge is -2.15. The van der Waals surface area contributed by atoms with Gasteiger partial charge in [0.05, 0.1) is 34.0 Å². The van der Waals surface area contributed by atoms with E-state index in [0.717, 1.165) is 0 Å². The maximum Gasteiger partial charge on any atom is 0.345 e. The third kappa shape index (κ3) is 2.22. The number of aldehydes is 1. The van der Waals surface area contributed by atoms with Crippen molar-refractivity contribution in [2.24, 2.45) is 0 Å². The van der Waals surface area contributed by atoms with E-state index in [1.54, 1.807) is 0 Å². The van der Waals surface area contributed by atoms with E-state index < -0.39 is 5.97 Å². The van der Waals surface area contributed by atoms with Crippen LogP contribution in [0.5, 0.6) is 17.2 Å². The highest BCUT2D eigenvalue weighted by Gasteiger charge is 2.25. The molecule has 0 saturated heterocycles. The number of methoxy groups -OCH3 is 4. The molecular formula is C12H14O6. The van der Waals surface area contributed by atoms with E-state index in [9.17, 15) is 9.59 Å². The van der Waals surface area contributed by atoms with Crippen molar-refractivity contribution >= 4 is 12.3 Å². The first kappa shape index (κ1) is 13.8. The average Bonchev–Trinajstić information content (AvgIpc) is 2.43. The van der Waals surface area contributed by atoms with Crippen LogP contribution in [0.1, 0.15) is 20.7 Å². The number of hydrogen-bond donors (Lipinski definition) is 0. The van der Waals surface area contributed by atoms with Crippen molar-refractivity contribution in [1.29, 1.82) is 0 Å². The fourth-order valence-electron chi connectivity index (χ4n) is 1.58. The number of ether oxygens (including phenoxy) is 4. The second kappa shape index (κ2) is 5.90. The van der Waals surface area contributed by atoms with Gasteiger partial charge in [-0.25, -0.2) is 4.79 Å².